The lowest BCUT2D eigenvalue weighted by Crippen LogP contribution is -3.09. The van der Waals surface area contributed by atoms with E-state index < -0.39 is 0 Å². The Morgan fingerprint density at radius 3 is 2.58 bits per heavy atom. The van der Waals surface area contributed by atoms with Gasteiger partial charge in [0.25, 0.3) is 0 Å². The number of aromatic nitrogens is 1. The molecule has 0 fully saturated rings. The highest BCUT2D eigenvalue weighted by molar-refractivity contribution is 6.29. The summed E-state index contributed by atoms with van der Waals surface area (Å²) < 4.78 is 11.3. The molecule has 0 atom stereocenters. The Hall–Kier alpha value is -1.82. The molecule has 0 radical (unpaired) electrons. The van der Waals surface area contributed by atoms with Crippen LogP contribution in [0.15, 0.2) is 36.5 Å². The summed E-state index contributed by atoms with van der Waals surface area (Å²) in [5, 5.41) is 2.79. The molecular weight excluding hydrogens is 326 g/mol. The predicted octanol–water partition coefficient (Wildman–Crippen LogP) is 0.531. The highest BCUT2D eigenvalue weighted by atomic mass is 35.5. The van der Waals surface area contributed by atoms with E-state index in [0.717, 1.165) is 36.7 Å². The minimum absolute atomic E-state index is 0.428. The fourth-order valence-electron chi connectivity index (χ4n) is 2.27. The van der Waals surface area contributed by atoms with E-state index in [1.807, 2.05) is 18.2 Å². The van der Waals surface area contributed by atoms with Gasteiger partial charge in [0.1, 0.15) is 31.4 Å². The number of benzene rings is 1. The predicted molar refractivity (Wildman–Crippen MR) is 94.7 cm³/mol. The van der Waals surface area contributed by atoms with Crippen molar-refractivity contribution in [2.24, 2.45) is 0 Å². The summed E-state index contributed by atoms with van der Waals surface area (Å²) in [4.78, 5) is 5.51. The van der Waals surface area contributed by atoms with E-state index in [4.69, 9.17) is 21.1 Å². The summed E-state index contributed by atoms with van der Waals surface area (Å²) in [5.41, 5.74) is 2.19. The van der Waals surface area contributed by atoms with Crippen molar-refractivity contribution in [1.29, 1.82) is 0 Å². The van der Waals surface area contributed by atoms with Crippen LogP contribution in [0.3, 0.4) is 0 Å². The van der Waals surface area contributed by atoms with Gasteiger partial charge in [-0.25, -0.2) is 4.98 Å². The quantitative estimate of drug-likeness (QED) is 0.512. The van der Waals surface area contributed by atoms with E-state index >= 15 is 0 Å². The number of pyridine rings is 1. The van der Waals surface area contributed by atoms with Gasteiger partial charge in [0.05, 0.1) is 21.2 Å². The monoisotopic (exact) mass is 351 g/mol. The van der Waals surface area contributed by atoms with E-state index in [0.29, 0.717) is 11.8 Å². The number of rotatable bonds is 9. The van der Waals surface area contributed by atoms with Crippen LogP contribution in [0.1, 0.15) is 11.1 Å². The number of nitrogens with zero attached hydrogens (tertiary/aromatic N) is 1. The number of likely N-dealkylation sites (N-methyl/N-ethyl adjacent to an activating group) is 1. The second-order valence-electron chi connectivity index (χ2n) is 6.00. The molecule has 5 nitrogen and oxygen atoms in total. The van der Waals surface area contributed by atoms with Crippen molar-refractivity contribution in [3.8, 4) is 11.5 Å². The normalized spacial score (nSPS) is 10.9. The first-order chi connectivity index (χ1) is 11.6. The molecule has 2 aromatic rings. The van der Waals surface area contributed by atoms with Gasteiger partial charge >= 0.3 is 0 Å². The second kappa shape index (κ2) is 9.47. The lowest BCUT2D eigenvalue weighted by atomic mass is 10.2. The van der Waals surface area contributed by atoms with Crippen molar-refractivity contribution < 1.29 is 19.7 Å². The molecule has 0 bridgehead atoms. The second-order valence-corrected chi connectivity index (χ2v) is 6.39. The fourth-order valence-corrected chi connectivity index (χ4v) is 2.38. The fraction of sp³-hybridized carbons (Fsp3) is 0.389. The number of ether oxygens (including phenoxy) is 2. The zero-order chi connectivity index (χ0) is 17.4. The van der Waals surface area contributed by atoms with Crippen molar-refractivity contribution in [3.63, 3.8) is 0 Å². The summed E-state index contributed by atoms with van der Waals surface area (Å²) in [6.07, 6.45) is 1.71. The molecule has 0 amide bonds. The average Bonchev–Trinajstić information content (AvgIpc) is 2.58. The van der Waals surface area contributed by atoms with Crippen molar-refractivity contribution in [1.82, 2.24) is 4.98 Å². The Bertz CT molecular complexity index is 633. The number of halogens is 1. The summed E-state index contributed by atoms with van der Waals surface area (Å²) in [6, 6.07) is 9.73. The van der Waals surface area contributed by atoms with Crippen LogP contribution < -0.4 is 19.7 Å². The van der Waals surface area contributed by atoms with Crippen LogP contribution in [-0.4, -0.2) is 39.3 Å². The number of methoxy groups -OCH3 is 1. The van der Waals surface area contributed by atoms with E-state index in [1.54, 1.807) is 19.4 Å². The first-order valence-corrected chi connectivity index (χ1v) is 8.47. The maximum absolute atomic E-state index is 5.84. The van der Waals surface area contributed by atoms with Crippen LogP contribution in [0.4, 0.5) is 0 Å². The van der Waals surface area contributed by atoms with E-state index in [1.165, 1.54) is 10.5 Å². The zero-order valence-electron chi connectivity index (χ0n) is 14.5. The summed E-state index contributed by atoms with van der Waals surface area (Å²) in [6.45, 7) is 3.61. The Kier molecular flexibility index (Phi) is 7.31. The third-order valence-corrected chi connectivity index (χ3v) is 3.86. The van der Waals surface area contributed by atoms with Crippen molar-refractivity contribution in [2.75, 3.05) is 34.3 Å². The van der Waals surface area contributed by atoms with Crippen molar-refractivity contribution in [2.45, 2.75) is 13.2 Å². The smallest absolute Gasteiger partial charge is 0.161 e. The van der Waals surface area contributed by atoms with Crippen molar-refractivity contribution in [3.05, 3.63) is 52.8 Å². The van der Waals surface area contributed by atoms with Gasteiger partial charge in [-0.15, -0.1) is 0 Å². The molecule has 1 heterocycles. The van der Waals surface area contributed by atoms with E-state index in [9.17, 15) is 0 Å². The molecule has 0 saturated heterocycles. The molecule has 0 aliphatic rings. The van der Waals surface area contributed by atoms with Gasteiger partial charge in [-0.1, -0.05) is 17.7 Å². The lowest BCUT2D eigenvalue weighted by Gasteiger charge is -2.12. The van der Waals surface area contributed by atoms with Gasteiger partial charge in [-0.2, -0.15) is 0 Å². The minimum atomic E-state index is 0.428. The molecule has 1 aromatic carbocycles. The Labute approximate surface area is 148 Å². The van der Waals surface area contributed by atoms with Crippen LogP contribution in [0.5, 0.6) is 11.5 Å². The first kappa shape index (κ1) is 18.5. The Morgan fingerprint density at radius 1 is 1.12 bits per heavy atom. The summed E-state index contributed by atoms with van der Waals surface area (Å²) in [5.74, 6) is 1.48. The minimum Gasteiger partial charge on any atom is -0.493 e. The zero-order valence-corrected chi connectivity index (χ0v) is 15.3. The van der Waals surface area contributed by atoms with Crippen LogP contribution in [0, 0.1) is 0 Å². The SMILES string of the molecule is COc1cc(C[NH2+]CC[NH+](C)C)ccc1OCc1ccc(Cl)nc1. The van der Waals surface area contributed by atoms with E-state index in [2.05, 4.69) is 30.5 Å². The average molecular weight is 352 g/mol. The maximum atomic E-state index is 5.84. The van der Waals surface area contributed by atoms with Crippen LogP contribution >= 0.6 is 11.6 Å². The third-order valence-electron chi connectivity index (χ3n) is 3.64. The topological polar surface area (TPSA) is 52.4 Å². The highest BCUT2D eigenvalue weighted by Crippen LogP contribution is 2.28. The molecule has 0 aliphatic heterocycles. The summed E-state index contributed by atoms with van der Waals surface area (Å²) in [7, 11) is 5.99. The number of hydrogen-bond acceptors (Lipinski definition) is 3. The molecule has 6 heteroatoms. The Morgan fingerprint density at radius 2 is 1.92 bits per heavy atom. The maximum Gasteiger partial charge on any atom is 0.161 e. The highest BCUT2D eigenvalue weighted by Gasteiger charge is 2.08. The molecule has 0 spiro atoms. The molecule has 24 heavy (non-hydrogen) atoms. The molecule has 0 unspecified atom stereocenters. The largest absolute Gasteiger partial charge is 0.493 e. The van der Waals surface area contributed by atoms with Gasteiger partial charge in [0.2, 0.25) is 0 Å². The summed E-state index contributed by atoms with van der Waals surface area (Å²) >= 11 is 5.79. The number of nitrogens with two attached hydrogens (primary N) is 1. The molecule has 2 rings (SSSR count). The molecule has 1 aromatic heterocycles. The van der Waals surface area contributed by atoms with Crippen LogP contribution in [0.2, 0.25) is 5.15 Å². The number of nitrogens with one attached hydrogen (secondary N) is 1. The molecule has 130 valence electrons. The lowest BCUT2D eigenvalue weighted by molar-refractivity contribution is -0.875. The standard InChI is InChI=1S/C18H24ClN3O2/c1-22(2)9-8-20-11-14-4-6-16(17(10-14)23-3)24-13-15-5-7-18(19)21-12-15/h4-7,10,12,20H,8-9,11,13H2,1-3H3/p+2. The van der Waals surface area contributed by atoms with Crippen LogP contribution in [0.25, 0.3) is 0 Å². The van der Waals surface area contributed by atoms with E-state index in [-0.39, 0.29) is 0 Å². The van der Waals surface area contributed by atoms with Gasteiger partial charge in [-0.3, -0.25) is 0 Å². The van der Waals surface area contributed by atoms with Crippen LogP contribution in [-0.2, 0) is 13.2 Å². The van der Waals surface area contributed by atoms with Gasteiger partial charge in [0.15, 0.2) is 11.5 Å². The molecule has 0 saturated carbocycles. The number of hydrogen-bond donors (Lipinski definition) is 2. The van der Waals surface area contributed by atoms with Crippen molar-refractivity contribution >= 4 is 11.6 Å². The third kappa shape index (κ3) is 6.00. The first-order valence-electron chi connectivity index (χ1n) is 8.09. The van der Waals surface area contributed by atoms with Gasteiger partial charge < -0.3 is 19.7 Å². The van der Waals surface area contributed by atoms with Gasteiger partial charge in [0, 0.05) is 17.3 Å². The molecule has 0 aliphatic carbocycles. The Balaban J connectivity index is 1.91. The molecule has 3 N–H and O–H groups in total. The number of quaternary nitrogens is 2. The van der Waals surface area contributed by atoms with Gasteiger partial charge in [-0.05, 0) is 24.3 Å². The molecular formula is C18H26ClN3O2+2.